The number of ether oxygens (including phenoxy) is 2. The van der Waals surface area contributed by atoms with E-state index in [1.54, 1.807) is 4.57 Å². The van der Waals surface area contributed by atoms with E-state index in [4.69, 9.17) is 14.4 Å². The SMILES string of the molecule is CCCn1cnc2c1c(=O)n(CCOC(=O)c1ccc[n+]([C@@H]3OC(COP(=O)([O-])O)[C@@H](O)[C@H]3O)c1)c(=O)n2C. The van der Waals surface area contributed by atoms with Crippen molar-refractivity contribution in [2.45, 2.75) is 51.0 Å². The third-order valence-corrected chi connectivity index (χ3v) is 6.68. The van der Waals surface area contributed by atoms with Crippen molar-refractivity contribution in [3.05, 3.63) is 57.3 Å². The molecule has 1 aliphatic heterocycles. The molecule has 0 radical (unpaired) electrons. The molecule has 212 valence electrons. The molecular weight excluding hydrogens is 541 g/mol. The van der Waals surface area contributed by atoms with Gasteiger partial charge in [-0.15, -0.1) is 0 Å². The predicted molar refractivity (Wildman–Crippen MR) is 128 cm³/mol. The van der Waals surface area contributed by atoms with Gasteiger partial charge in [-0.25, -0.2) is 14.6 Å². The lowest BCUT2D eigenvalue weighted by Crippen LogP contribution is -2.46. The molecule has 5 atom stereocenters. The van der Waals surface area contributed by atoms with Crippen molar-refractivity contribution < 1.29 is 47.9 Å². The van der Waals surface area contributed by atoms with Crippen molar-refractivity contribution in [1.82, 2.24) is 18.7 Å². The van der Waals surface area contributed by atoms with Gasteiger partial charge in [0.2, 0.25) is 0 Å². The molecule has 0 spiro atoms. The predicted octanol–water partition coefficient (Wildman–Crippen LogP) is -2.45. The summed E-state index contributed by atoms with van der Waals surface area (Å²) in [7, 11) is -3.58. The van der Waals surface area contributed by atoms with E-state index in [2.05, 4.69) is 9.51 Å². The average Bonchev–Trinajstić information content (AvgIpc) is 3.44. The Morgan fingerprint density at radius 2 is 2.03 bits per heavy atom. The van der Waals surface area contributed by atoms with Gasteiger partial charge in [-0.1, -0.05) is 6.92 Å². The van der Waals surface area contributed by atoms with E-state index in [0.717, 1.165) is 11.0 Å². The number of rotatable bonds is 10. The third-order valence-electron chi connectivity index (χ3n) is 6.21. The quantitative estimate of drug-likeness (QED) is 0.132. The fourth-order valence-electron chi connectivity index (χ4n) is 4.30. The van der Waals surface area contributed by atoms with Crippen LogP contribution in [0.15, 0.2) is 40.4 Å². The minimum atomic E-state index is -5.07. The van der Waals surface area contributed by atoms with E-state index in [-0.39, 0.29) is 29.9 Å². The number of nitrogens with zero attached hydrogens (tertiary/aromatic N) is 5. The van der Waals surface area contributed by atoms with E-state index in [1.165, 1.54) is 47.0 Å². The first kappa shape index (κ1) is 28.8. The molecule has 0 saturated carbocycles. The number of aryl methyl sites for hydroxylation is 2. The molecule has 0 amide bonds. The molecule has 3 N–H and O–H groups in total. The van der Waals surface area contributed by atoms with Crippen LogP contribution in [-0.4, -0.2) is 71.3 Å². The van der Waals surface area contributed by atoms with Crippen molar-refractivity contribution in [3.63, 3.8) is 0 Å². The Kier molecular flexibility index (Phi) is 8.46. The highest BCUT2D eigenvalue weighted by atomic mass is 31.2. The summed E-state index contributed by atoms with van der Waals surface area (Å²) in [4.78, 5) is 62.1. The Bertz CT molecular complexity index is 1530. The van der Waals surface area contributed by atoms with Crippen molar-refractivity contribution in [2.75, 3.05) is 13.2 Å². The summed E-state index contributed by atoms with van der Waals surface area (Å²) in [6, 6.07) is 2.86. The highest BCUT2D eigenvalue weighted by Gasteiger charge is 2.48. The molecule has 1 aliphatic rings. The summed E-state index contributed by atoms with van der Waals surface area (Å²) < 4.78 is 31.0. The number of aliphatic hydroxyl groups is 2. The highest BCUT2D eigenvalue weighted by molar-refractivity contribution is 7.44. The van der Waals surface area contributed by atoms with Crippen LogP contribution in [0.5, 0.6) is 0 Å². The van der Waals surface area contributed by atoms with Crippen molar-refractivity contribution in [2.24, 2.45) is 7.05 Å². The Morgan fingerprint density at radius 3 is 2.72 bits per heavy atom. The fraction of sp³-hybridized carbons (Fsp3) is 0.500. The van der Waals surface area contributed by atoms with Crippen LogP contribution in [0.1, 0.15) is 29.9 Å². The molecule has 2 unspecified atom stereocenters. The Morgan fingerprint density at radius 1 is 1.28 bits per heavy atom. The van der Waals surface area contributed by atoms with Crippen LogP contribution in [0, 0.1) is 0 Å². The third kappa shape index (κ3) is 6.01. The first-order valence-electron chi connectivity index (χ1n) is 12.0. The number of fused-ring (bicyclic) bond motifs is 1. The molecule has 1 saturated heterocycles. The van der Waals surface area contributed by atoms with Crippen LogP contribution in [0.3, 0.4) is 0 Å². The maximum Gasteiger partial charge on any atom is 0.344 e. The van der Waals surface area contributed by atoms with Gasteiger partial charge in [-0.05, 0) is 12.5 Å². The Balaban J connectivity index is 1.45. The maximum atomic E-state index is 13.0. The molecule has 0 aliphatic carbocycles. The Hall–Kier alpha value is -3.24. The summed E-state index contributed by atoms with van der Waals surface area (Å²) in [5, 5.41) is 20.5. The van der Waals surface area contributed by atoms with Gasteiger partial charge in [0.05, 0.1) is 19.5 Å². The molecule has 4 heterocycles. The normalized spacial score (nSPS) is 22.7. The molecule has 0 bridgehead atoms. The van der Waals surface area contributed by atoms with Gasteiger partial charge in [-0.3, -0.25) is 18.5 Å². The zero-order valence-corrected chi connectivity index (χ0v) is 21.9. The number of aliphatic hydroxyl groups excluding tert-OH is 2. The lowest BCUT2D eigenvalue weighted by Gasteiger charge is -2.19. The zero-order chi connectivity index (χ0) is 28.5. The van der Waals surface area contributed by atoms with Crippen LogP contribution >= 0.6 is 7.82 Å². The van der Waals surface area contributed by atoms with Crippen LogP contribution in [0.2, 0.25) is 0 Å². The minimum absolute atomic E-state index is 0.0265. The van der Waals surface area contributed by atoms with Crippen LogP contribution in [-0.2, 0) is 38.7 Å². The second kappa shape index (κ2) is 11.5. The molecular formula is C22H28N5O11P. The number of hydrogen-bond acceptors (Lipinski definition) is 11. The van der Waals surface area contributed by atoms with Crippen LogP contribution < -0.4 is 20.7 Å². The number of imidazole rings is 1. The molecule has 17 heteroatoms. The molecule has 1 fully saturated rings. The van der Waals surface area contributed by atoms with E-state index >= 15 is 0 Å². The first-order chi connectivity index (χ1) is 18.4. The van der Waals surface area contributed by atoms with Gasteiger partial charge in [0, 0.05) is 19.7 Å². The first-order valence-corrected chi connectivity index (χ1v) is 13.4. The van der Waals surface area contributed by atoms with E-state index in [1.807, 2.05) is 6.92 Å². The number of carbonyl (C=O) groups excluding carboxylic acids is 1. The van der Waals surface area contributed by atoms with E-state index in [0.29, 0.717) is 6.54 Å². The number of phosphoric ester groups is 1. The zero-order valence-electron chi connectivity index (χ0n) is 21.0. The van der Waals surface area contributed by atoms with Gasteiger partial charge < -0.3 is 38.6 Å². The maximum absolute atomic E-state index is 13.0. The number of hydrogen-bond donors (Lipinski definition) is 3. The second-order valence-electron chi connectivity index (χ2n) is 8.89. The monoisotopic (exact) mass is 569 g/mol. The average molecular weight is 569 g/mol. The van der Waals surface area contributed by atoms with E-state index < -0.39 is 56.2 Å². The van der Waals surface area contributed by atoms with Crippen LogP contribution in [0.4, 0.5) is 0 Å². The molecule has 0 aromatic carbocycles. The molecule has 3 aromatic rings. The highest BCUT2D eigenvalue weighted by Crippen LogP contribution is 2.33. The second-order valence-corrected chi connectivity index (χ2v) is 10.1. The summed E-state index contributed by atoms with van der Waals surface area (Å²) in [5.74, 6) is -0.799. The Labute approximate surface area is 220 Å². The van der Waals surface area contributed by atoms with Gasteiger partial charge >= 0.3 is 11.7 Å². The molecule has 4 rings (SSSR count). The topological polar surface area (TPSA) is 211 Å². The summed E-state index contributed by atoms with van der Waals surface area (Å²) in [6.45, 7) is 1.24. The largest absolute Gasteiger partial charge is 0.756 e. The molecule has 3 aromatic heterocycles. The number of aromatic nitrogens is 5. The van der Waals surface area contributed by atoms with Crippen molar-refractivity contribution >= 4 is 25.0 Å². The van der Waals surface area contributed by atoms with Gasteiger partial charge in [0.15, 0.2) is 29.7 Å². The lowest BCUT2D eigenvalue weighted by molar-refractivity contribution is -0.765. The number of carbonyl (C=O) groups is 1. The smallest absolute Gasteiger partial charge is 0.344 e. The standard InChI is InChI=1S/C22H28N5O11P/c1-3-6-26-12-23-18-15(26)19(30)27(22(32)24(18)2)8-9-36-21(31)13-5-4-7-25(10-13)20-17(29)16(28)14(38-20)11-37-39(33,34)35/h4-5,7,10,12,14,16-17,20,28-29H,3,6,8-9,11H2,1-2H3,(H-,33,34,35)/t14?,16-,17-,20-/m1/s1. The van der Waals surface area contributed by atoms with Gasteiger partial charge in [-0.2, -0.15) is 4.57 Å². The number of phosphoric acid groups is 1. The molecule has 39 heavy (non-hydrogen) atoms. The van der Waals surface area contributed by atoms with Gasteiger partial charge in [0.25, 0.3) is 19.6 Å². The number of pyridine rings is 1. The lowest BCUT2D eigenvalue weighted by atomic mass is 10.1. The summed E-state index contributed by atoms with van der Waals surface area (Å²) in [6.07, 6.45) is -0.598. The summed E-state index contributed by atoms with van der Waals surface area (Å²) in [5.41, 5.74) is -0.603. The minimum Gasteiger partial charge on any atom is -0.756 e. The fourth-order valence-corrected chi connectivity index (χ4v) is 4.63. The van der Waals surface area contributed by atoms with Crippen molar-refractivity contribution in [3.8, 4) is 0 Å². The van der Waals surface area contributed by atoms with E-state index in [9.17, 15) is 34.1 Å². The summed E-state index contributed by atoms with van der Waals surface area (Å²) >= 11 is 0. The molecule has 16 nitrogen and oxygen atoms in total. The van der Waals surface area contributed by atoms with Crippen LogP contribution in [0.25, 0.3) is 11.2 Å². The van der Waals surface area contributed by atoms with Gasteiger partial charge in [0.1, 0.15) is 24.4 Å². The van der Waals surface area contributed by atoms with Crippen molar-refractivity contribution in [1.29, 1.82) is 0 Å². The number of esters is 1.